The van der Waals surface area contributed by atoms with E-state index in [0.29, 0.717) is 25.7 Å². The molecule has 0 aliphatic heterocycles. The number of aliphatic carboxylic acids is 1. The van der Waals surface area contributed by atoms with Crippen LogP contribution in [0, 0.1) is 23.7 Å². The van der Waals surface area contributed by atoms with Crippen LogP contribution in [0.5, 0.6) is 0 Å². The molecule has 1 aliphatic rings. The average molecular weight is 350 g/mol. The Morgan fingerprint density at radius 1 is 1.32 bits per heavy atom. The molecule has 5 heteroatoms. The third-order valence-electron chi connectivity index (χ3n) is 4.65. The van der Waals surface area contributed by atoms with Crippen molar-refractivity contribution in [2.24, 2.45) is 11.8 Å². The van der Waals surface area contributed by atoms with Gasteiger partial charge in [-0.3, -0.25) is 4.79 Å². The quantitative estimate of drug-likeness (QED) is 0.416. The normalized spacial score (nSPS) is 22.6. The lowest BCUT2D eigenvalue weighted by atomic mass is 9.87. The van der Waals surface area contributed by atoms with Crippen LogP contribution >= 0.6 is 0 Å². The van der Waals surface area contributed by atoms with Crippen molar-refractivity contribution >= 4 is 11.8 Å². The highest BCUT2D eigenvalue weighted by atomic mass is 16.4. The van der Waals surface area contributed by atoms with Crippen LogP contribution in [0.15, 0.2) is 12.2 Å². The first-order valence-electron chi connectivity index (χ1n) is 9.20. The topological polar surface area (TPSA) is 94.8 Å². The molecule has 3 N–H and O–H groups in total. The van der Waals surface area contributed by atoms with Gasteiger partial charge in [0.05, 0.1) is 0 Å². The maximum atomic E-state index is 12.1. The van der Waals surface area contributed by atoms with E-state index in [1.165, 1.54) is 0 Å². The molecule has 0 aromatic heterocycles. The van der Waals surface area contributed by atoms with Gasteiger partial charge in [-0.2, -0.15) is 0 Å². The number of hydrogen-bond donors (Lipinski definition) is 3. The third kappa shape index (κ3) is 8.33. The number of rotatable bonds is 10. The second kappa shape index (κ2) is 11.8. The lowest BCUT2D eigenvalue weighted by Gasteiger charge is -2.17. The average Bonchev–Trinajstić information content (AvgIpc) is 2.92. The van der Waals surface area contributed by atoms with Crippen molar-refractivity contribution in [1.29, 1.82) is 0 Å². The fourth-order valence-corrected chi connectivity index (χ4v) is 3.14. The van der Waals surface area contributed by atoms with Gasteiger partial charge in [-0.25, -0.2) is 4.79 Å². The van der Waals surface area contributed by atoms with Crippen molar-refractivity contribution in [3.63, 3.8) is 0 Å². The number of carboxylic acid groups (broad SMARTS) is 1. The number of aliphatic hydroxyl groups excluding tert-OH is 2. The van der Waals surface area contributed by atoms with E-state index in [9.17, 15) is 19.8 Å². The Hall–Kier alpha value is -1.64. The summed E-state index contributed by atoms with van der Waals surface area (Å²) in [5.74, 6) is 5.13. The summed E-state index contributed by atoms with van der Waals surface area (Å²) in [4.78, 5) is 22.6. The Balaban J connectivity index is 2.37. The molecule has 0 aromatic rings. The van der Waals surface area contributed by atoms with Crippen LogP contribution < -0.4 is 0 Å². The van der Waals surface area contributed by atoms with E-state index in [0.717, 1.165) is 25.7 Å². The Kier molecular flexibility index (Phi) is 10.1. The summed E-state index contributed by atoms with van der Waals surface area (Å²) in [7, 11) is 0. The smallest absolute Gasteiger partial charge is 0.332 e. The minimum absolute atomic E-state index is 0.0172. The second-order valence-corrected chi connectivity index (χ2v) is 6.67. The number of Topliss-reactive ketones (excluding diaryl/α,β-unsaturated/α-hetero) is 1. The van der Waals surface area contributed by atoms with Crippen LogP contribution in [-0.4, -0.2) is 39.3 Å². The summed E-state index contributed by atoms with van der Waals surface area (Å²) >= 11 is 0. The lowest BCUT2D eigenvalue weighted by Crippen LogP contribution is -2.18. The van der Waals surface area contributed by atoms with E-state index in [1.807, 2.05) is 19.1 Å². The highest BCUT2D eigenvalue weighted by molar-refractivity contribution is 5.83. The zero-order valence-corrected chi connectivity index (χ0v) is 15.0. The number of allylic oxidation sites excluding steroid dienone is 2. The van der Waals surface area contributed by atoms with Crippen molar-refractivity contribution in [3.8, 4) is 11.8 Å². The first kappa shape index (κ1) is 21.4. The highest BCUT2D eigenvalue weighted by Crippen LogP contribution is 2.35. The molecule has 4 atom stereocenters. The molecule has 1 rings (SSSR count). The summed E-state index contributed by atoms with van der Waals surface area (Å²) in [6, 6.07) is 0. The van der Waals surface area contributed by atoms with Gasteiger partial charge in [-0.05, 0) is 50.9 Å². The van der Waals surface area contributed by atoms with Crippen LogP contribution in [0.25, 0.3) is 0 Å². The van der Waals surface area contributed by atoms with Crippen molar-refractivity contribution in [3.05, 3.63) is 12.2 Å². The predicted molar refractivity (Wildman–Crippen MR) is 95.8 cm³/mol. The molecule has 0 spiro atoms. The molecule has 0 amide bonds. The van der Waals surface area contributed by atoms with Gasteiger partial charge in [0.1, 0.15) is 11.9 Å². The number of carbonyl (C=O) groups excluding carboxylic acids is 1. The number of ketones is 1. The molecule has 25 heavy (non-hydrogen) atoms. The maximum Gasteiger partial charge on any atom is 0.332 e. The Bertz CT molecular complexity index is 514. The first-order chi connectivity index (χ1) is 12.0. The Labute approximate surface area is 150 Å². The molecule has 1 aliphatic carbocycles. The molecular weight excluding hydrogens is 320 g/mol. The zero-order chi connectivity index (χ0) is 18.7. The molecule has 5 nitrogen and oxygen atoms in total. The van der Waals surface area contributed by atoms with Crippen molar-refractivity contribution < 1.29 is 24.9 Å². The van der Waals surface area contributed by atoms with Gasteiger partial charge < -0.3 is 15.3 Å². The largest absolute Gasteiger partial charge is 0.479 e. The van der Waals surface area contributed by atoms with E-state index in [-0.39, 0.29) is 24.0 Å². The van der Waals surface area contributed by atoms with E-state index in [4.69, 9.17) is 5.11 Å². The van der Waals surface area contributed by atoms with Crippen LogP contribution in [0.1, 0.15) is 64.7 Å². The standard InChI is InChI=1S/C20H30O5/c1-2-3-5-8-16(21)13-11-15-12-14-18(22)17(15)9-6-4-7-10-19(23)20(24)25/h4,6,15-17,19,21,23H,2-3,7,9-14H2,1H3,(H,24,25)/t15-,16?,17+,19?/m0/s1. The second-order valence-electron chi connectivity index (χ2n) is 6.67. The number of aliphatic hydroxyl groups is 2. The molecule has 1 saturated carbocycles. The number of carbonyl (C=O) groups is 2. The van der Waals surface area contributed by atoms with Gasteiger partial charge in [-0.1, -0.05) is 25.0 Å². The summed E-state index contributed by atoms with van der Waals surface area (Å²) in [6.45, 7) is 2.05. The van der Waals surface area contributed by atoms with E-state index >= 15 is 0 Å². The summed E-state index contributed by atoms with van der Waals surface area (Å²) < 4.78 is 0. The molecule has 1 fully saturated rings. The van der Waals surface area contributed by atoms with Crippen molar-refractivity contribution in [2.75, 3.05) is 0 Å². The van der Waals surface area contributed by atoms with Gasteiger partial charge in [-0.15, -0.1) is 5.92 Å². The van der Waals surface area contributed by atoms with E-state index in [2.05, 4.69) is 11.8 Å². The molecule has 0 bridgehead atoms. The number of unbranched alkanes of at least 4 members (excludes halogenated alkanes) is 1. The first-order valence-corrected chi connectivity index (χ1v) is 9.20. The number of hydrogen-bond acceptors (Lipinski definition) is 4. The summed E-state index contributed by atoms with van der Waals surface area (Å²) in [6.07, 6.45) is 7.72. The summed E-state index contributed by atoms with van der Waals surface area (Å²) in [5, 5.41) is 27.7. The van der Waals surface area contributed by atoms with Gasteiger partial charge in [0, 0.05) is 18.8 Å². The van der Waals surface area contributed by atoms with Gasteiger partial charge in [0.25, 0.3) is 0 Å². The predicted octanol–water partition coefficient (Wildman–Crippen LogP) is 2.70. The SMILES string of the molecule is CCCC#CC(O)CC[C@H]1CCC(=O)[C@@H]1CC=CCCC(O)C(=O)O. The van der Waals surface area contributed by atoms with E-state index < -0.39 is 18.2 Å². The molecule has 0 aromatic carbocycles. The number of carboxylic acids is 1. The maximum absolute atomic E-state index is 12.1. The zero-order valence-electron chi connectivity index (χ0n) is 15.0. The Morgan fingerprint density at radius 3 is 2.76 bits per heavy atom. The van der Waals surface area contributed by atoms with Gasteiger partial charge >= 0.3 is 5.97 Å². The highest BCUT2D eigenvalue weighted by Gasteiger charge is 2.33. The lowest BCUT2D eigenvalue weighted by molar-refractivity contribution is -0.146. The molecule has 0 radical (unpaired) electrons. The molecular formula is C20H30O5. The van der Waals surface area contributed by atoms with Gasteiger partial charge in [0.2, 0.25) is 0 Å². The fraction of sp³-hybridized carbons (Fsp3) is 0.700. The third-order valence-corrected chi connectivity index (χ3v) is 4.65. The fourth-order valence-electron chi connectivity index (χ4n) is 3.14. The summed E-state index contributed by atoms with van der Waals surface area (Å²) in [5.41, 5.74) is 0. The van der Waals surface area contributed by atoms with Crippen LogP contribution in [0.3, 0.4) is 0 Å². The molecule has 0 heterocycles. The molecule has 0 saturated heterocycles. The van der Waals surface area contributed by atoms with Crippen molar-refractivity contribution in [1.82, 2.24) is 0 Å². The minimum Gasteiger partial charge on any atom is -0.479 e. The van der Waals surface area contributed by atoms with Crippen LogP contribution in [0.2, 0.25) is 0 Å². The van der Waals surface area contributed by atoms with E-state index in [1.54, 1.807) is 0 Å². The Morgan fingerprint density at radius 2 is 2.08 bits per heavy atom. The van der Waals surface area contributed by atoms with Crippen LogP contribution in [0.4, 0.5) is 0 Å². The van der Waals surface area contributed by atoms with Gasteiger partial charge in [0.15, 0.2) is 6.10 Å². The van der Waals surface area contributed by atoms with Crippen molar-refractivity contribution in [2.45, 2.75) is 76.9 Å². The molecule has 2 unspecified atom stereocenters. The monoisotopic (exact) mass is 350 g/mol. The molecule has 140 valence electrons. The van der Waals surface area contributed by atoms with Crippen LogP contribution in [-0.2, 0) is 9.59 Å². The minimum atomic E-state index is -1.33.